The number of amides is 2. The van der Waals surface area contributed by atoms with Crippen LogP contribution in [0.5, 0.6) is 0 Å². The number of benzene rings is 1. The summed E-state index contributed by atoms with van der Waals surface area (Å²) in [7, 11) is 3.31. The van der Waals surface area contributed by atoms with Gasteiger partial charge in [0.1, 0.15) is 0 Å². The van der Waals surface area contributed by atoms with Gasteiger partial charge < -0.3 is 10.2 Å². The summed E-state index contributed by atoms with van der Waals surface area (Å²) in [5.41, 5.74) is 1.56. The summed E-state index contributed by atoms with van der Waals surface area (Å²) in [5.74, 6) is 0. The molecule has 4 nitrogen and oxygen atoms in total. The van der Waals surface area contributed by atoms with Crippen LogP contribution in [0.3, 0.4) is 0 Å². The highest BCUT2D eigenvalue weighted by Crippen LogP contribution is 2.23. The highest BCUT2D eigenvalue weighted by Gasteiger charge is 2.07. The molecule has 0 spiro atoms. The number of carbonyl (C=O) groups is 1. The molecule has 5 heteroatoms. The van der Waals surface area contributed by atoms with Crippen molar-refractivity contribution >= 4 is 23.3 Å². The smallest absolute Gasteiger partial charge is 0.321 e. The van der Waals surface area contributed by atoms with Crippen molar-refractivity contribution < 1.29 is 4.79 Å². The van der Waals surface area contributed by atoms with E-state index >= 15 is 0 Å². The molecule has 0 aliphatic carbocycles. The van der Waals surface area contributed by atoms with Gasteiger partial charge in [-0.05, 0) is 24.1 Å². The maximum atomic E-state index is 11.4. The molecule has 0 atom stereocenters. The molecule has 0 saturated carbocycles. The molecular formula is C12H14ClN3O. The summed E-state index contributed by atoms with van der Waals surface area (Å²) >= 11 is 6.04. The van der Waals surface area contributed by atoms with E-state index in [-0.39, 0.29) is 6.03 Å². The lowest BCUT2D eigenvalue weighted by molar-refractivity contribution is 0.230. The van der Waals surface area contributed by atoms with Crippen molar-refractivity contribution in [3.05, 3.63) is 28.8 Å². The van der Waals surface area contributed by atoms with Gasteiger partial charge in [0.2, 0.25) is 0 Å². The Hall–Kier alpha value is -1.73. The van der Waals surface area contributed by atoms with Crippen molar-refractivity contribution in [3.8, 4) is 6.07 Å². The van der Waals surface area contributed by atoms with Gasteiger partial charge in [-0.25, -0.2) is 4.79 Å². The zero-order chi connectivity index (χ0) is 12.8. The van der Waals surface area contributed by atoms with Crippen molar-refractivity contribution in [1.82, 2.24) is 4.90 Å². The van der Waals surface area contributed by atoms with Crippen LogP contribution in [0.25, 0.3) is 0 Å². The van der Waals surface area contributed by atoms with Crippen LogP contribution in [-0.2, 0) is 6.42 Å². The molecule has 0 unspecified atom stereocenters. The fourth-order valence-electron chi connectivity index (χ4n) is 1.24. The SMILES string of the molecule is CN(C)C(=O)Nc1ccc(CCC#N)cc1Cl. The normalized spacial score (nSPS) is 9.53. The number of rotatable bonds is 3. The molecule has 0 heterocycles. The number of hydrogen-bond donors (Lipinski definition) is 1. The van der Waals surface area contributed by atoms with Crippen LogP contribution in [0, 0.1) is 11.3 Å². The standard InChI is InChI=1S/C12H14ClN3O/c1-16(2)12(17)15-11-6-5-9(4-3-7-14)8-10(11)13/h5-6,8H,3-4H2,1-2H3,(H,15,17). The Morgan fingerprint density at radius 1 is 1.53 bits per heavy atom. The lowest BCUT2D eigenvalue weighted by Gasteiger charge is -2.13. The Kier molecular flexibility index (Phi) is 4.80. The molecule has 0 fully saturated rings. The van der Waals surface area contributed by atoms with Crippen LogP contribution in [0.1, 0.15) is 12.0 Å². The number of halogens is 1. The minimum Gasteiger partial charge on any atom is -0.331 e. The monoisotopic (exact) mass is 251 g/mol. The van der Waals surface area contributed by atoms with E-state index in [1.807, 2.05) is 6.07 Å². The van der Waals surface area contributed by atoms with Gasteiger partial charge in [-0.3, -0.25) is 0 Å². The topological polar surface area (TPSA) is 56.1 Å². The van der Waals surface area contributed by atoms with Crippen molar-refractivity contribution in [2.75, 3.05) is 19.4 Å². The van der Waals surface area contributed by atoms with Crippen molar-refractivity contribution in [3.63, 3.8) is 0 Å². The quantitative estimate of drug-likeness (QED) is 0.898. The summed E-state index contributed by atoms with van der Waals surface area (Å²) in [5, 5.41) is 11.7. The fourth-order valence-corrected chi connectivity index (χ4v) is 1.49. The Bertz CT molecular complexity index is 452. The summed E-state index contributed by atoms with van der Waals surface area (Å²) in [6.07, 6.45) is 1.12. The van der Waals surface area contributed by atoms with E-state index in [0.29, 0.717) is 23.6 Å². The number of nitriles is 1. The maximum absolute atomic E-state index is 11.4. The Labute approximate surface area is 106 Å². The first-order valence-electron chi connectivity index (χ1n) is 5.18. The predicted octanol–water partition coefficient (Wildman–Crippen LogP) is 2.89. The zero-order valence-corrected chi connectivity index (χ0v) is 10.6. The minimum atomic E-state index is -0.225. The van der Waals surface area contributed by atoms with Crippen LogP contribution < -0.4 is 5.32 Å². The number of carbonyl (C=O) groups excluding carboxylic acids is 1. The molecule has 0 bridgehead atoms. The maximum Gasteiger partial charge on any atom is 0.321 e. The number of urea groups is 1. The molecule has 17 heavy (non-hydrogen) atoms. The first-order valence-corrected chi connectivity index (χ1v) is 5.56. The second-order valence-electron chi connectivity index (χ2n) is 3.80. The molecule has 0 saturated heterocycles. The third kappa shape index (κ3) is 3.97. The van der Waals surface area contributed by atoms with E-state index in [2.05, 4.69) is 11.4 Å². The number of nitrogens with zero attached hydrogens (tertiary/aromatic N) is 2. The van der Waals surface area contributed by atoms with Crippen LogP contribution in [0.2, 0.25) is 5.02 Å². The van der Waals surface area contributed by atoms with E-state index < -0.39 is 0 Å². The summed E-state index contributed by atoms with van der Waals surface area (Å²) in [6.45, 7) is 0. The molecule has 1 rings (SSSR count). The van der Waals surface area contributed by atoms with Crippen LogP contribution in [-0.4, -0.2) is 25.0 Å². The molecule has 0 aliphatic rings. The zero-order valence-electron chi connectivity index (χ0n) is 9.83. The second kappa shape index (κ2) is 6.12. The van der Waals surface area contributed by atoms with Gasteiger partial charge in [0.15, 0.2) is 0 Å². The summed E-state index contributed by atoms with van der Waals surface area (Å²) in [6, 6.07) is 7.22. The van der Waals surface area contributed by atoms with Gasteiger partial charge in [0.05, 0.1) is 16.8 Å². The first kappa shape index (κ1) is 13.3. The van der Waals surface area contributed by atoms with Gasteiger partial charge in [-0.2, -0.15) is 5.26 Å². The van der Waals surface area contributed by atoms with Gasteiger partial charge in [-0.15, -0.1) is 0 Å². The van der Waals surface area contributed by atoms with Gasteiger partial charge in [0.25, 0.3) is 0 Å². The van der Waals surface area contributed by atoms with Crippen molar-refractivity contribution in [1.29, 1.82) is 5.26 Å². The van der Waals surface area contributed by atoms with E-state index in [0.717, 1.165) is 5.56 Å². The highest BCUT2D eigenvalue weighted by molar-refractivity contribution is 6.33. The molecule has 1 N–H and O–H groups in total. The molecule has 90 valence electrons. The Morgan fingerprint density at radius 2 is 2.24 bits per heavy atom. The summed E-state index contributed by atoms with van der Waals surface area (Å²) < 4.78 is 0. The minimum absolute atomic E-state index is 0.225. The average Bonchev–Trinajstić information content (AvgIpc) is 2.29. The van der Waals surface area contributed by atoms with Crippen LogP contribution in [0.4, 0.5) is 10.5 Å². The molecular weight excluding hydrogens is 238 g/mol. The largest absolute Gasteiger partial charge is 0.331 e. The Balaban J connectivity index is 2.76. The third-order valence-corrected chi connectivity index (χ3v) is 2.52. The lowest BCUT2D eigenvalue weighted by atomic mass is 10.1. The van der Waals surface area contributed by atoms with Crippen molar-refractivity contribution in [2.24, 2.45) is 0 Å². The average molecular weight is 252 g/mol. The van der Waals surface area contributed by atoms with E-state index in [1.165, 1.54) is 4.90 Å². The van der Waals surface area contributed by atoms with Crippen LogP contribution >= 0.6 is 11.6 Å². The van der Waals surface area contributed by atoms with Gasteiger partial charge in [0, 0.05) is 20.5 Å². The fraction of sp³-hybridized carbons (Fsp3) is 0.333. The van der Waals surface area contributed by atoms with Gasteiger partial charge >= 0.3 is 6.03 Å². The molecule has 0 radical (unpaired) electrons. The van der Waals surface area contributed by atoms with Crippen LogP contribution in [0.15, 0.2) is 18.2 Å². The first-order chi connectivity index (χ1) is 8.04. The lowest BCUT2D eigenvalue weighted by Crippen LogP contribution is -2.27. The summed E-state index contributed by atoms with van der Waals surface area (Å²) in [4.78, 5) is 12.9. The van der Waals surface area contributed by atoms with E-state index in [1.54, 1.807) is 26.2 Å². The highest BCUT2D eigenvalue weighted by atomic mass is 35.5. The van der Waals surface area contributed by atoms with Crippen molar-refractivity contribution in [2.45, 2.75) is 12.8 Å². The molecule has 1 aromatic rings. The number of hydrogen-bond acceptors (Lipinski definition) is 2. The third-order valence-electron chi connectivity index (χ3n) is 2.21. The molecule has 0 aliphatic heterocycles. The van der Waals surface area contributed by atoms with E-state index in [9.17, 15) is 4.79 Å². The molecule has 1 aromatic carbocycles. The number of anilines is 1. The molecule has 0 aromatic heterocycles. The van der Waals surface area contributed by atoms with Gasteiger partial charge in [-0.1, -0.05) is 17.7 Å². The number of nitrogens with one attached hydrogen (secondary N) is 1. The van der Waals surface area contributed by atoms with E-state index in [4.69, 9.17) is 16.9 Å². The Morgan fingerprint density at radius 3 is 2.76 bits per heavy atom. The second-order valence-corrected chi connectivity index (χ2v) is 4.20. The predicted molar refractivity (Wildman–Crippen MR) is 68.1 cm³/mol. The molecule has 2 amide bonds. The number of aryl methyl sites for hydroxylation is 1.